The lowest BCUT2D eigenvalue weighted by Crippen LogP contribution is -2.45. The molecule has 0 saturated carbocycles. The van der Waals surface area contributed by atoms with Gasteiger partial charge in [0.05, 0.1) is 16.8 Å². The quantitative estimate of drug-likeness (QED) is 0.797. The zero-order valence-electron chi connectivity index (χ0n) is 10.7. The number of hydrogen-bond donors (Lipinski definition) is 2. The summed E-state index contributed by atoms with van der Waals surface area (Å²) in [5, 5.41) is 9.33. The van der Waals surface area contributed by atoms with Crippen LogP contribution >= 0.6 is 15.9 Å². The number of aliphatic hydroxyl groups is 1. The van der Waals surface area contributed by atoms with Gasteiger partial charge in [-0.2, -0.15) is 4.31 Å². The number of nitrogen functional groups attached to an aromatic ring is 1. The van der Waals surface area contributed by atoms with E-state index in [4.69, 9.17) is 5.73 Å². The average Bonchev–Trinajstić information content (AvgIpc) is 2.42. The van der Waals surface area contributed by atoms with Crippen LogP contribution in [0.15, 0.2) is 21.5 Å². The average molecular weight is 367 g/mol. The molecule has 0 spiro atoms. The van der Waals surface area contributed by atoms with E-state index in [1.54, 1.807) is 0 Å². The first-order valence-electron chi connectivity index (χ1n) is 6.25. The molecule has 2 rings (SSSR count). The first kappa shape index (κ1) is 15.7. The maximum atomic E-state index is 13.4. The fourth-order valence-corrected chi connectivity index (χ4v) is 4.67. The summed E-state index contributed by atoms with van der Waals surface area (Å²) in [6, 6.07) is 1.70. The number of sulfonamides is 1. The number of anilines is 1. The van der Waals surface area contributed by atoms with Crippen molar-refractivity contribution >= 4 is 31.6 Å². The van der Waals surface area contributed by atoms with E-state index >= 15 is 0 Å². The Balaban J connectivity index is 2.46. The Morgan fingerprint density at radius 1 is 1.45 bits per heavy atom. The van der Waals surface area contributed by atoms with Gasteiger partial charge >= 0.3 is 0 Å². The zero-order chi connectivity index (χ0) is 14.9. The first-order chi connectivity index (χ1) is 9.37. The standard InChI is InChI=1S/C12H16BrFN2O3S/c13-9-5-12(11(15)6-10(9)14)20(18,19)16-4-2-1-3-8(16)7-17/h5-6,8,17H,1-4,7,15H2. The van der Waals surface area contributed by atoms with Gasteiger partial charge in [0.1, 0.15) is 10.7 Å². The Labute approximate surface area is 125 Å². The van der Waals surface area contributed by atoms with Gasteiger partial charge in [-0.15, -0.1) is 0 Å². The summed E-state index contributed by atoms with van der Waals surface area (Å²) in [7, 11) is -3.84. The van der Waals surface area contributed by atoms with Crippen molar-refractivity contribution < 1.29 is 17.9 Å². The maximum absolute atomic E-state index is 13.4. The van der Waals surface area contributed by atoms with Crippen molar-refractivity contribution in [1.82, 2.24) is 4.31 Å². The van der Waals surface area contributed by atoms with Gasteiger partial charge in [0.25, 0.3) is 0 Å². The largest absolute Gasteiger partial charge is 0.398 e. The van der Waals surface area contributed by atoms with Crippen molar-refractivity contribution in [2.75, 3.05) is 18.9 Å². The Kier molecular flexibility index (Phi) is 4.68. The molecular formula is C12H16BrFN2O3S. The van der Waals surface area contributed by atoms with E-state index in [1.807, 2.05) is 0 Å². The summed E-state index contributed by atoms with van der Waals surface area (Å²) in [5.41, 5.74) is 5.51. The van der Waals surface area contributed by atoms with E-state index < -0.39 is 21.9 Å². The van der Waals surface area contributed by atoms with E-state index in [2.05, 4.69) is 15.9 Å². The van der Waals surface area contributed by atoms with Crippen molar-refractivity contribution in [3.63, 3.8) is 0 Å². The van der Waals surface area contributed by atoms with Crippen LogP contribution in [0.25, 0.3) is 0 Å². The topological polar surface area (TPSA) is 83.6 Å². The monoisotopic (exact) mass is 366 g/mol. The van der Waals surface area contributed by atoms with Crippen LogP contribution in [0.3, 0.4) is 0 Å². The van der Waals surface area contributed by atoms with Crippen molar-refractivity contribution in [3.8, 4) is 0 Å². The maximum Gasteiger partial charge on any atom is 0.245 e. The van der Waals surface area contributed by atoms with Crippen LogP contribution in [-0.2, 0) is 10.0 Å². The minimum Gasteiger partial charge on any atom is -0.398 e. The predicted molar refractivity (Wildman–Crippen MR) is 77.1 cm³/mol. The Morgan fingerprint density at radius 3 is 2.80 bits per heavy atom. The van der Waals surface area contributed by atoms with Gasteiger partial charge in [0.2, 0.25) is 10.0 Å². The molecule has 0 radical (unpaired) electrons. The number of nitrogens with zero attached hydrogens (tertiary/aromatic N) is 1. The molecule has 1 atom stereocenters. The van der Waals surface area contributed by atoms with Gasteiger partial charge in [-0.1, -0.05) is 6.42 Å². The Morgan fingerprint density at radius 2 is 2.15 bits per heavy atom. The van der Waals surface area contributed by atoms with E-state index in [0.717, 1.165) is 18.9 Å². The van der Waals surface area contributed by atoms with Crippen LogP contribution < -0.4 is 5.73 Å². The van der Waals surface area contributed by atoms with Crippen LogP contribution in [0.1, 0.15) is 19.3 Å². The van der Waals surface area contributed by atoms with E-state index in [-0.39, 0.29) is 21.7 Å². The van der Waals surface area contributed by atoms with Crippen LogP contribution in [0.5, 0.6) is 0 Å². The molecule has 8 heteroatoms. The molecule has 0 aliphatic carbocycles. The molecule has 1 aromatic rings. The third-order valence-electron chi connectivity index (χ3n) is 3.42. The molecule has 20 heavy (non-hydrogen) atoms. The number of piperidine rings is 1. The molecule has 1 unspecified atom stereocenters. The minimum atomic E-state index is -3.84. The van der Waals surface area contributed by atoms with Crippen LogP contribution in [0.4, 0.5) is 10.1 Å². The summed E-state index contributed by atoms with van der Waals surface area (Å²) in [4.78, 5) is -0.133. The molecule has 0 bridgehead atoms. The summed E-state index contributed by atoms with van der Waals surface area (Å²) in [6.45, 7) is 0.101. The SMILES string of the molecule is Nc1cc(F)c(Br)cc1S(=O)(=O)N1CCCCC1CO. The van der Waals surface area contributed by atoms with Crippen LogP contribution in [0, 0.1) is 5.82 Å². The second-order valence-electron chi connectivity index (χ2n) is 4.75. The molecule has 1 aliphatic rings. The van der Waals surface area contributed by atoms with Crippen LogP contribution in [0.2, 0.25) is 0 Å². The van der Waals surface area contributed by atoms with Crippen molar-refractivity contribution in [2.45, 2.75) is 30.2 Å². The number of rotatable bonds is 3. The molecule has 1 heterocycles. The molecular weight excluding hydrogens is 351 g/mol. The highest BCUT2D eigenvalue weighted by molar-refractivity contribution is 9.10. The van der Waals surface area contributed by atoms with Gasteiger partial charge in [-0.3, -0.25) is 0 Å². The number of nitrogens with two attached hydrogens (primary N) is 1. The van der Waals surface area contributed by atoms with Gasteiger partial charge in [-0.25, -0.2) is 12.8 Å². The van der Waals surface area contributed by atoms with Gasteiger partial charge in [-0.05, 0) is 40.9 Å². The van der Waals surface area contributed by atoms with Crippen molar-refractivity contribution in [2.24, 2.45) is 0 Å². The summed E-state index contributed by atoms with van der Waals surface area (Å²) < 4.78 is 39.9. The normalized spacial score (nSPS) is 21.1. The van der Waals surface area contributed by atoms with E-state index in [0.29, 0.717) is 13.0 Å². The smallest absolute Gasteiger partial charge is 0.245 e. The van der Waals surface area contributed by atoms with Crippen LogP contribution in [-0.4, -0.2) is 37.0 Å². The third kappa shape index (κ3) is 2.83. The van der Waals surface area contributed by atoms with Crippen molar-refractivity contribution in [3.05, 3.63) is 22.4 Å². The molecule has 5 nitrogen and oxygen atoms in total. The highest BCUT2D eigenvalue weighted by atomic mass is 79.9. The highest BCUT2D eigenvalue weighted by Gasteiger charge is 2.34. The first-order valence-corrected chi connectivity index (χ1v) is 8.48. The lowest BCUT2D eigenvalue weighted by atomic mass is 10.1. The fourth-order valence-electron chi connectivity index (χ4n) is 2.37. The number of halogens is 2. The van der Waals surface area contributed by atoms with Crippen molar-refractivity contribution in [1.29, 1.82) is 0 Å². The fraction of sp³-hybridized carbons (Fsp3) is 0.500. The second kappa shape index (κ2) is 5.97. The molecule has 0 amide bonds. The second-order valence-corrected chi connectivity index (χ2v) is 7.47. The Hall–Kier alpha value is -0.700. The lowest BCUT2D eigenvalue weighted by molar-refractivity contribution is 0.155. The van der Waals surface area contributed by atoms with Gasteiger partial charge in [0.15, 0.2) is 0 Å². The highest BCUT2D eigenvalue weighted by Crippen LogP contribution is 2.31. The molecule has 1 saturated heterocycles. The summed E-state index contributed by atoms with van der Waals surface area (Å²) in [6.07, 6.45) is 2.22. The number of benzene rings is 1. The minimum absolute atomic E-state index is 0.0443. The lowest BCUT2D eigenvalue weighted by Gasteiger charge is -2.33. The molecule has 3 N–H and O–H groups in total. The number of hydrogen-bond acceptors (Lipinski definition) is 4. The molecule has 1 aromatic carbocycles. The van der Waals surface area contributed by atoms with Gasteiger partial charge < -0.3 is 10.8 Å². The molecule has 0 aromatic heterocycles. The van der Waals surface area contributed by atoms with E-state index in [1.165, 1.54) is 10.4 Å². The van der Waals surface area contributed by atoms with Gasteiger partial charge in [0, 0.05) is 12.6 Å². The summed E-state index contributed by atoms with van der Waals surface area (Å²) in [5.74, 6) is -0.612. The van der Waals surface area contributed by atoms with E-state index in [9.17, 15) is 17.9 Å². The molecule has 1 fully saturated rings. The third-order valence-corrected chi connectivity index (χ3v) is 6.04. The summed E-state index contributed by atoms with van der Waals surface area (Å²) >= 11 is 2.97. The molecule has 112 valence electrons. The number of aliphatic hydroxyl groups excluding tert-OH is 1. The zero-order valence-corrected chi connectivity index (χ0v) is 13.1. The molecule has 1 aliphatic heterocycles. The predicted octanol–water partition coefficient (Wildman–Crippen LogP) is 1.71. The Bertz CT molecular complexity index is 609.